The van der Waals surface area contributed by atoms with Crippen LogP contribution in [0.25, 0.3) is 28.0 Å². The van der Waals surface area contributed by atoms with Gasteiger partial charge in [-0.15, -0.1) is 0 Å². The van der Waals surface area contributed by atoms with Gasteiger partial charge in [-0.2, -0.15) is 0 Å². The lowest BCUT2D eigenvalue weighted by Crippen LogP contribution is -2.12. The summed E-state index contributed by atoms with van der Waals surface area (Å²) in [6, 6.07) is 27.4. The summed E-state index contributed by atoms with van der Waals surface area (Å²) in [5.41, 5.74) is 7.11. The van der Waals surface area contributed by atoms with Crippen molar-refractivity contribution in [2.75, 3.05) is 5.32 Å². The van der Waals surface area contributed by atoms with Gasteiger partial charge in [0.1, 0.15) is 0 Å². The van der Waals surface area contributed by atoms with E-state index in [0.29, 0.717) is 21.9 Å². The van der Waals surface area contributed by atoms with E-state index in [4.69, 9.17) is 16.6 Å². The number of aryl methyl sites for hydroxylation is 1. The number of fused-ring (bicyclic) bond motifs is 1. The van der Waals surface area contributed by atoms with E-state index >= 15 is 0 Å². The first-order valence-corrected chi connectivity index (χ1v) is 10.7. The lowest BCUT2D eigenvalue weighted by atomic mass is 10.0. The molecule has 0 radical (unpaired) electrons. The smallest absolute Gasteiger partial charge is 0.255 e. The second-order valence-electron chi connectivity index (χ2n) is 7.69. The van der Waals surface area contributed by atoms with Gasteiger partial charge in [-0.05, 0) is 53.9 Å². The highest BCUT2D eigenvalue weighted by atomic mass is 35.5. The number of aromatic nitrogens is 2. The predicted octanol–water partition coefficient (Wildman–Crippen LogP) is 6.88. The molecule has 3 aromatic carbocycles. The normalized spacial score (nSPS) is 10.9. The monoisotopic (exact) mass is 437 g/mol. The number of pyridine rings is 1. The zero-order valence-electron chi connectivity index (χ0n) is 17.4. The second kappa shape index (κ2) is 8.33. The van der Waals surface area contributed by atoms with Crippen LogP contribution < -0.4 is 5.32 Å². The molecule has 0 saturated carbocycles. The highest BCUT2D eigenvalue weighted by Gasteiger charge is 2.13. The van der Waals surface area contributed by atoms with Gasteiger partial charge in [0.25, 0.3) is 5.91 Å². The minimum Gasteiger partial charge on any atom is -0.319 e. The maximum Gasteiger partial charge on any atom is 0.255 e. The van der Waals surface area contributed by atoms with Crippen LogP contribution in [0.3, 0.4) is 0 Å². The maximum atomic E-state index is 12.7. The fourth-order valence-corrected chi connectivity index (χ4v) is 3.86. The van der Waals surface area contributed by atoms with E-state index in [1.54, 1.807) is 24.3 Å². The van der Waals surface area contributed by atoms with Gasteiger partial charge in [-0.25, -0.2) is 4.98 Å². The number of amides is 1. The summed E-state index contributed by atoms with van der Waals surface area (Å²) in [6.07, 6.45) is 3.99. The molecule has 1 N–H and O–H groups in total. The maximum absolute atomic E-state index is 12.7. The van der Waals surface area contributed by atoms with Crippen molar-refractivity contribution in [1.29, 1.82) is 0 Å². The number of benzene rings is 3. The number of hydrogen-bond donors (Lipinski definition) is 1. The lowest BCUT2D eigenvalue weighted by molar-refractivity contribution is 0.102. The molecule has 0 unspecified atom stereocenters. The fourth-order valence-electron chi connectivity index (χ4n) is 3.73. The molecule has 32 heavy (non-hydrogen) atoms. The number of anilines is 1. The van der Waals surface area contributed by atoms with E-state index in [1.165, 1.54) is 5.56 Å². The van der Waals surface area contributed by atoms with E-state index in [9.17, 15) is 4.79 Å². The highest BCUT2D eigenvalue weighted by molar-refractivity contribution is 6.30. The van der Waals surface area contributed by atoms with Crippen LogP contribution in [-0.2, 0) is 0 Å². The van der Waals surface area contributed by atoms with Gasteiger partial charge in [0.15, 0.2) is 5.65 Å². The van der Waals surface area contributed by atoms with Crippen molar-refractivity contribution in [3.63, 3.8) is 0 Å². The summed E-state index contributed by atoms with van der Waals surface area (Å²) in [4.78, 5) is 17.6. The molecule has 0 saturated heterocycles. The molecule has 0 aliphatic heterocycles. The van der Waals surface area contributed by atoms with Gasteiger partial charge < -0.3 is 9.72 Å². The van der Waals surface area contributed by atoms with Gasteiger partial charge in [-0.3, -0.25) is 4.79 Å². The van der Waals surface area contributed by atoms with Gasteiger partial charge in [0.2, 0.25) is 0 Å². The fraction of sp³-hybridized carbons (Fsp3) is 0.0370. The molecule has 0 spiro atoms. The summed E-state index contributed by atoms with van der Waals surface area (Å²) in [5, 5.41) is 3.58. The first kappa shape index (κ1) is 20.0. The van der Waals surface area contributed by atoms with Crippen LogP contribution in [-0.4, -0.2) is 15.3 Å². The third-order valence-electron chi connectivity index (χ3n) is 5.33. The molecule has 0 bridgehead atoms. The van der Waals surface area contributed by atoms with Crippen molar-refractivity contribution in [2.45, 2.75) is 6.92 Å². The van der Waals surface area contributed by atoms with Crippen molar-refractivity contribution in [3.8, 4) is 22.4 Å². The number of rotatable bonds is 4. The van der Waals surface area contributed by atoms with E-state index in [1.807, 2.05) is 48.0 Å². The molecule has 0 aliphatic rings. The standard InChI is InChI=1S/C27H20ClN3O/c1-18-15-24(30-27(32)22-11-13-23(28)14-12-22)26-29-25(17-31(26)16-18)21-9-7-20(8-10-21)19-5-3-2-4-6-19/h2-17H,1H3,(H,30,32). The topological polar surface area (TPSA) is 46.4 Å². The molecule has 0 aliphatic carbocycles. The molecule has 156 valence electrons. The number of halogens is 1. The van der Waals surface area contributed by atoms with Crippen molar-refractivity contribution >= 4 is 28.8 Å². The molecule has 5 heteroatoms. The molecule has 1 amide bonds. The van der Waals surface area contributed by atoms with E-state index in [2.05, 4.69) is 41.7 Å². The van der Waals surface area contributed by atoms with Crippen molar-refractivity contribution in [2.24, 2.45) is 0 Å². The Balaban J connectivity index is 1.47. The number of carbonyl (C=O) groups is 1. The third kappa shape index (κ3) is 4.01. The van der Waals surface area contributed by atoms with Crippen LogP contribution in [0.2, 0.25) is 5.02 Å². The van der Waals surface area contributed by atoms with Gasteiger partial charge >= 0.3 is 0 Å². The van der Waals surface area contributed by atoms with Gasteiger partial charge in [-0.1, -0.05) is 66.2 Å². The van der Waals surface area contributed by atoms with Crippen LogP contribution in [0.4, 0.5) is 5.69 Å². The average molecular weight is 438 g/mol. The molecule has 0 fully saturated rings. The van der Waals surface area contributed by atoms with Crippen molar-refractivity contribution < 1.29 is 4.79 Å². The number of nitrogens with one attached hydrogen (secondary N) is 1. The molecule has 2 heterocycles. The summed E-state index contributed by atoms with van der Waals surface area (Å²) in [5.74, 6) is -0.203. The molecule has 5 aromatic rings. The molecule has 2 aromatic heterocycles. The zero-order chi connectivity index (χ0) is 22.1. The highest BCUT2D eigenvalue weighted by Crippen LogP contribution is 2.27. The number of carbonyl (C=O) groups excluding carboxylic acids is 1. The van der Waals surface area contributed by atoms with Gasteiger partial charge in [0.05, 0.1) is 11.4 Å². The predicted molar refractivity (Wildman–Crippen MR) is 130 cm³/mol. The quantitative estimate of drug-likeness (QED) is 0.333. The Hall–Kier alpha value is -3.89. The van der Waals surface area contributed by atoms with Crippen LogP contribution in [0.15, 0.2) is 97.3 Å². The molecule has 5 rings (SSSR count). The van der Waals surface area contributed by atoms with E-state index in [0.717, 1.165) is 22.4 Å². The van der Waals surface area contributed by atoms with Crippen LogP contribution in [0.1, 0.15) is 15.9 Å². The molecule has 0 atom stereocenters. The first-order chi connectivity index (χ1) is 15.6. The average Bonchev–Trinajstić information content (AvgIpc) is 3.24. The molecular formula is C27H20ClN3O. The SMILES string of the molecule is Cc1cc(NC(=O)c2ccc(Cl)cc2)c2nc(-c3ccc(-c4ccccc4)cc3)cn2c1. The second-order valence-corrected chi connectivity index (χ2v) is 8.13. The summed E-state index contributed by atoms with van der Waals surface area (Å²) in [6.45, 7) is 1.99. The Morgan fingerprint density at radius 2 is 1.50 bits per heavy atom. The van der Waals surface area contributed by atoms with Crippen LogP contribution >= 0.6 is 11.6 Å². The largest absolute Gasteiger partial charge is 0.319 e. The lowest BCUT2D eigenvalue weighted by Gasteiger charge is -2.08. The van der Waals surface area contributed by atoms with Crippen LogP contribution in [0.5, 0.6) is 0 Å². The Morgan fingerprint density at radius 1 is 0.844 bits per heavy atom. The summed E-state index contributed by atoms with van der Waals surface area (Å²) in [7, 11) is 0. The van der Waals surface area contributed by atoms with Crippen molar-refractivity contribution in [3.05, 3.63) is 113 Å². The van der Waals surface area contributed by atoms with Crippen molar-refractivity contribution in [1.82, 2.24) is 9.38 Å². The Bertz CT molecular complexity index is 1410. The summed E-state index contributed by atoms with van der Waals surface area (Å²) >= 11 is 5.94. The first-order valence-electron chi connectivity index (χ1n) is 10.3. The number of hydrogen-bond acceptors (Lipinski definition) is 2. The summed E-state index contributed by atoms with van der Waals surface area (Å²) < 4.78 is 1.95. The van der Waals surface area contributed by atoms with E-state index in [-0.39, 0.29) is 5.91 Å². The Labute approximate surface area is 191 Å². The number of nitrogens with zero attached hydrogens (tertiary/aromatic N) is 2. The van der Waals surface area contributed by atoms with Crippen LogP contribution in [0, 0.1) is 6.92 Å². The Morgan fingerprint density at radius 3 is 2.22 bits per heavy atom. The minimum absolute atomic E-state index is 0.203. The number of imidazole rings is 1. The van der Waals surface area contributed by atoms with Gasteiger partial charge in [0, 0.05) is 28.5 Å². The zero-order valence-corrected chi connectivity index (χ0v) is 18.2. The molecular weight excluding hydrogens is 418 g/mol. The Kier molecular flexibility index (Phi) is 5.21. The third-order valence-corrected chi connectivity index (χ3v) is 5.58. The minimum atomic E-state index is -0.203. The van der Waals surface area contributed by atoms with E-state index < -0.39 is 0 Å². The molecule has 4 nitrogen and oxygen atoms in total.